The monoisotopic (exact) mass is 485 g/mol. The smallest absolute Gasteiger partial charge is 0.371 e. The lowest BCUT2D eigenvalue weighted by molar-refractivity contribution is -0.384. The van der Waals surface area contributed by atoms with Crippen molar-refractivity contribution in [3.63, 3.8) is 0 Å². The Morgan fingerprint density at radius 1 is 1.18 bits per heavy atom. The predicted molar refractivity (Wildman–Crippen MR) is 123 cm³/mol. The molecule has 0 saturated carbocycles. The summed E-state index contributed by atoms with van der Waals surface area (Å²) >= 11 is 1.22. The Labute approximate surface area is 197 Å². The molecule has 3 rings (SSSR count). The van der Waals surface area contributed by atoms with Gasteiger partial charge in [0.15, 0.2) is 11.5 Å². The van der Waals surface area contributed by atoms with Crippen LogP contribution in [0.15, 0.2) is 69.0 Å². The van der Waals surface area contributed by atoms with Gasteiger partial charge in [-0.3, -0.25) is 14.9 Å². The van der Waals surface area contributed by atoms with Crippen molar-refractivity contribution in [3.05, 3.63) is 81.8 Å². The van der Waals surface area contributed by atoms with Crippen molar-refractivity contribution in [2.24, 2.45) is 5.10 Å². The number of amides is 1. The fourth-order valence-electron chi connectivity index (χ4n) is 2.63. The van der Waals surface area contributed by atoms with E-state index in [0.29, 0.717) is 22.8 Å². The van der Waals surface area contributed by atoms with Gasteiger partial charge in [0.1, 0.15) is 12.4 Å². The second kappa shape index (κ2) is 11.5. The van der Waals surface area contributed by atoms with Crippen LogP contribution in [0.2, 0.25) is 0 Å². The topological polar surface area (TPSA) is 154 Å². The fourth-order valence-corrected chi connectivity index (χ4v) is 3.32. The first kappa shape index (κ1) is 24.3. The number of methoxy groups -OCH3 is 1. The minimum atomic E-state index is -1.16. The summed E-state index contributed by atoms with van der Waals surface area (Å²) in [5, 5.41) is 23.5. The molecule has 0 radical (unpaired) electrons. The van der Waals surface area contributed by atoms with Crippen LogP contribution in [0.3, 0.4) is 0 Å². The molecule has 1 heterocycles. The Morgan fingerprint density at radius 2 is 1.94 bits per heavy atom. The number of thioether (sulfide) groups is 1. The third-order valence-corrected chi connectivity index (χ3v) is 5.26. The second-order valence-electron chi connectivity index (χ2n) is 6.60. The molecule has 1 amide bonds. The van der Waals surface area contributed by atoms with Crippen LogP contribution in [0.1, 0.15) is 21.9 Å². The van der Waals surface area contributed by atoms with E-state index in [1.807, 2.05) is 0 Å². The first-order chi connectivity index (χ1) is 16.4. The molecule has 34 heavy (non-hydrogen) atoms. The van der Waals surface area contributed by atoms with Gasteiger partial charge in [-0.1, -0.05) is 0 Å². The Morgan fingerprint density at radius 3 is 2.59 bits per heavy atom. The van der Waals surface area contributed by atoms with Crippen LogP contribution in [0, 0.1) is 10.1 Å². The van der Waals surface area contributed by atoms with Gasteiger partial charge in [-0.25, -0.2) is 10.2 Å². The van der Waals surface area contributed by atoms with Gasteiger partial charge in [-0.05, 0) is 48.0 Å². The summed E-state index contributed by atoms with van der Waals surface area (Å²) in [5.74, 6) is -0.424. The van der Waals surface area contributed by atoms with Gasteiger partial charge in [-0.15, -0.1) is 11.8 Å². The van der Waals surface area contributed by atoms with Crippen LogP contribution < -0.4 is 14.9 Å². The number of carbonyl (C=O) groups is 2. The molecule has 176 valence electrons. The third kappa shape index (κ3) is 6.84. The summed E-state index contributed by atoms with van der Waals surface area (Å²) in [6.45, 7) is 0.0135. The van der Waals surface area contributed by atoms with Gasteiger partial charge >= 0.3 is 5.97 Å². The van der Waals surface area contributed by atoms with E-state index in [1.165, 1.54) is 49.4 Å². The van der Waals surface area contributed by atoms with Crippen LogP contribution in [0.25, 0.3) is 0 Å². The summed E-state index contributed by atoms with van der Waals surface area (Å²) in [6.07, 6.45) is 1.44. The number of hydrazone groups is 1. The molecule has 2 N–H and O–H groups in total. The molecule has 12 heteroatoms. The number of rotatable bonds is 11. The van der Waals surface area contributed by atoms with Gasteiger partial charge in [0.25, 0.3) is 5.69 Å². The average molecular weight is 485 g/mol. The molecule has 1 aromatic heterocycles. The minimum absolute atomic E-state index is 0.0135. The van der Waals surface area contributed by atoms with E-state index >= 15 is 0 Å². The van der Waals surface area contributed by atoms with Gasteiger partial charge in [0.05, 0.1) is 24.0 Å². The molecule has 0 saturated heterocycles. The number of furan rings is 1. The van der Waals surface area contributed by atoms with Crippen molar-refractivity contribution in [1.82, 2.24) is 5.43 Å². The van der Waals surface area contributed by atoms with E-state index in [2.05, 4.69) is 10.5 Å². The zero-order valence-corrected chi connectivity index (χ0v) is 18.6. The Balaban J connectivity index is 1.50. The van der Waals surface area contributed by atoms with E-state index in [1.54, 1.807) is 30.3 Å². The van der Waals surface area contributed by atoms with E-state index in [4.69, 9.17) is 19.0 Å². The Kier molecular flexibility index (Phi) is 8.24. The number of carbonyl (C=O) groups excluding carboxylic acids is 1. The molecule has 0 aliphatic carbocycles. The maximum Gasteiger partial charge on any atom is 0.371 e. The lowest BCUT2D eigenvalue weighted by Gasteiger charge is -2.10. The van der Waals surface area contributed by atoms with Crippen molar-refractivity contribution in [2.75, 3.05) is 12.9 Å². The molecule has 0 fully saturated rings. The highest BCUT2D eigenvalue weighted by atomic mass is 32.2. The zero-order chi connectivity index (χ0) is 24.5. The van der Waals surface area contributed by atoms with Crippen molar-refractivity contribution in [1.29, 1.82) is 0 Å². The number of hydrogen-bond acceptors (Lipinski definition) is 9. The minimum Gasteiger partial charge on any atom is -0.493 e. The number of nitrogens with one attached hydrogen (secondary N) is 1. The summed E-state index contributed by atoms with van der Waals surface area (Å²) in [6, 6.07) is 13.8. The number of nitro groups is 1. The van der Waals surface area contributed by atoms with E-state index in [0.717, 1.165) is 4.90 Å². The molecule has 0 aliphatic rings. The van der Waals surface area contributed by atoms with Crippen molar-refractivity contribution < 1.29 is 33.5 Å². The first-order valence-electron chi connectivity index (χ1n) is 9.67. The average Bonchev–Trinajstić information content (AvgIpc) is 3.31. The number of carboxylic acid groups (broad SMARTS) is 1. The van der Waals surface area contributed by atoms with Crippen LogP contribution >= 0.6 is 11.8 Å². The van der Waals surface area contributed by atoms with Crippen molar-refractivity contribution in [3.8, 4) is 11.5 Å². The lowest BCUT2D eigenvalue weighted by Crippen LogP contribution is -2.19. The normalized spacial score (nSPS) is 10.7. The highest BCUT2D eigenvalue weighted by molar-refractivity contribution is 8.00. The quantitative estimate of drug-likeness (QED) is 0.179. The van der Waals surface area contributed by atoms with E-state index < -0.39 is 10.9 Å². The second-order valence-corrected chi connectivity index (χ2v) is 7.65. The summed E-state index contributed by atoms with van der Waals surface area (Å²) < 4.78 is 16.1. The maximum atomic E-state index is 12.0. The number of benzene rings is 2. The summed E-state index contributed by atoms with van der Waals surface area (Å²) in [5.41, 5.74) is 3.03. The van der Waals surface area contributed by atoms with E-state index in [-0.39, 0.29) is 29.7 Å². The van der Waals surface area contributed by atoms with Gasteiger partial charge in [0, 0.05) is 17.0 Å². The molecular formula is C22H19N3O8S. The highest BCUT2D eigenvalue weighted by Crippen LogP contribution is 2.28. The maximum absolute atomic E-state index is 12.0. The standard InChI is InChI=1S/C22H19N3O8S/c1-31-20-10-14(2-8-18(20)32-12-16-5-9-19(33-16)22(27)28)11-23-24-21(26)13-34-17-6-3-15(4-7-17)25(29)30/h2-11H,12-13H2,1H3,(H,24,26)(H,27,28)/b23-11-. The van der Waals surface area contributed by atoms with Crippen LogP contribution in [-0.4, -0.2) is 41.0 Å². The number of aromatic carboxylic acids is 1. The summed E-state index contributed by atoms with van der Waals surface area (Å²) in [7, 11) is 1.47. The molecular weight excluding hydrogens is 466 g/mol. The largest absolute Gasteiger partial charge is 0.493 e. The number of hydrogen-bond donors (Lipinski definition) is 2. The Bertz CT molecular complexity index is 1210. The third-order valence-electron chi connectivity index (χ3n) is 4.25. The molecule has 2 aromatic carbocycles. The van der Waals surface area contributed by atoms with Gasteiger partial charge in [-0.2, -0.15) is 5.10 Å². The zero-order valence-electron chi connectivity index (χ0n) is 17.8. The number of ether oxygens (including phenoxy) is 2. The number of nitrogens with zero attached hydrogens (tertiary/aromatic N) is 2. The number of carboxylic acids is 1. The van der Waals surface area contributed by atoms with Gasteiger partial charge < -0.3 is 19.0 Å². The molecule has 11 nitrogen and oxygen atoms in total. The first-order valence-corrected chi connectivity index (χ1v) is 10.7. The molecule has 0 atom stereocenters. The molecule has 3 aromatic rings. The molecule has 0 unspecified atom stereocenters. The molecule has 0 aliphatic heterocycles. The highest BCUT2D eigenvalue weighted by Gasteiger charge is 2.11. The van der Waals surface area contributed by atoms with Crippen LogP contribution in [-0.2, 0) is 11.4 Å². The fraction of sp³-hybridized carbons (Fsp3) is 0.136. The van der Waals surface area contributed by atoms with Crippen molar-refractivity contribution >= 4 is 35.5 Å². The SMILES string of the molecule is COc1cc(/C=N\NC(=O)CSc2ccc([N+](=O)[O-])cc2)ccc1OCc1ccc(C(=O)O)o1. The number of non-ortho nitro benzene ring substituents is 1. The lowest BCUT2D eigenvalue weighted by atomic mass is 10.2. The Hall–Kier alpha value is -4.32. The van der Waals surface area contributed by atoms with Crippen molar-refractivity contribution in [2.45, 2.75) is 11.5 Å². The van der Waals surface area contributed by atoms with E-state index in [9.17, 15) is 19.7 Å². The summed E-state index contributed by atoms with van der Waals surface area (Å²) in [4.78, 5) is 33.8. The van der Waals surface area contributed by atoms with Gasteiger partial charge in [0.2, 0.25) is 11.7 Å². The predicted octanol–water partition coefficient (Wildman–Crippen LogP) is 3.72. The molecule has 0 bridgehead atoms. The molecule has 0 spiro atoms. The number of nitro benzene ring substituents is 1. The van der Waals surface area contributed by atoms with Crippen LogP contribution in [0.4, 0.5) is 5.69 Å². The van der Waals surface area contributed by atoms with Crippen LogP contribution in [0.5, 0.6) is 11.5 Å².